The third kappa shape index (κ3) is 5.37. The SMILES string of the molecule is CC(C)N(CC1O[C@@H](n2cnc3c(N)ncnc32)[C@@H]2OC(C)(C)O[C@H]12)C1CC(CCc2nc3cc(C(C)(C)C)ccc3[nH]2)C1. The summed E-state index contributed by atoms with van der Waals surface area (Å²) in [7, 11) is 0. The second-order valence-electron chi connectivity index (χ2n) is 14.7. The van der Waals surface area contributed by atoms with E-state index in [-0.39, 0.29) is 23.7 Å². The molecule has 5 heterocycles. The van der Waals surface area contributed by atoms with E-state index >= 15 is 0 Å². The standard InChI is InChI=1S/C33H46N8O3/c1-18(2)40(21-12-19(13-21)8-11-25-38-22-10-9-20(32(3,4)5)14-23(22)39-25)15-24-27-28(44-33(6,7)43-27)31(42-24)41-17-37-26-29(34)35-16-36-30(26)41/h9-10,14,16-19,21,24,27-28,31H,8,11-13,15H2,1-7H3,(H,38,39)(H2,34,35,36)/t19?,21?,24?,27-,28-,31-/m1/s1. The van der Waals surface area contributed by atoms with Crippen LogP contribution >= 0.6 is 0 Å². The summed E-state index contributed by atoms with van der Waals surface area (Å²) in [5, 5.41) is 0. The van der Waals surface area contributed by atoms with Crippen LogP contribution in [-0.4, -0.2) is 77.1 Å². The number of aryl methyl sites for hydroxylation is 1. The molecular formula is C33H46N8O3. The Hall–Kier alpha value is -3.12. The van der Waals surface area contributed by atoms with Crippen molar-refractivity contribution in [2.45, 2.75) is 122 Å². The van der Waals surface area contributed by atoms with Crippen LogP contribution in [0.25, 0.3) is 22.2 Å². The van der Waals surface area contributed by atoms with Gasteiger partial charge in [-0.1, -0.05) is 26.8 Å². The number of aromatic nitrogens is 6. The summed E-state index contributed by atoms with van der Waals surface area (Å²) < 4.78 is 21.5. The molecular weight excluding hydrogens is 556 g/mol. The summed E-state index contributed by atoms with van der Waals surface area (Å²) in [5.41, 5.74) is 10.9. The fourth-order valence-electron chi connectivity index (χ4n) is 7.27. The van der Waals surface area contributed by atoms with E-state index in [9.17, 15) is 0 Å². The smallest absolute Gasteiger partial charge is 0.167 e. The minimum atomic E-state index is -0.699. The van der Waals surface area contributed by atoms with Crippen LogP contribution in [0.1, 0.15) is 85.3 Å². The number of imidazole rings is 2. The summed E-state index contributed by atoms with van der Waals surface area (Å²) in [4.78, 5) is 24.1. The molecule has 0 bridgehead atoms. The highest BCUT2D eigenvalue weighted by atomic mass is 16.8. The molecule has 2 saturated heterocycles. The average Bonchev–Trinajstić information content (AvgIpc) is 3.68. The topological polar surface area (TPSA) is 129 Å². The minimum Gasteiger partial charge on any atom is -0.382 e. The van der Waals surface area contributed by atoms with Crippen LogP contribution in [0.15, 0.2) is 30.9 Å². The van der Waals surface area contributed by atoms with Crippen LogP contribution in [0.5, 0.6) is 0 Å². The second kappa shape index (κ2) is 10.8. The maximum atomic E-state index is 6.72. The van der Waals surface area contributed by atoms with Crippen molar-refractivity contribution >= 4 is 28.0 Å². The van der Waals surface area contributed by atoms with Gasteiger partial charge in [-0.3, -0.25) is 9.47 Å². The molecule has 1 aromatic carbocycles. The Balaban J connectivity index is 1.00. The maximum absolute atomic E-state index is 6.72. The zero-order valence-corrected chi connectivity index (χ0v) is 26.9. The molecule has 236 valence electrons. The van der Waals surface area contributed by atoms with Crippen molar-refractivity contribution in [1.29, 1.82) is 0 Å². The van der Waals surface area contributed by atoms with Gasteiger partial charge in [-0.15, -0.1) is 0 Å². The number of ether oxygens (including phenoxy) is 3. The number of anilines is 1. The third-order valence-corrected chi connectivity index (χ3v) is 9.71. The summed E-state index contributed by atoms with van der Waals surface area (Å²) in [6.07, 6.45) is 6.61. The first-order valence-corrected chi connectivity index (χ1v) is 16.1. The van der Waals surface area contributed by atoms with Crippen molar-refractivity contribution in [2.75, 3.05) is 12.3 Å². The van der Waals surface area contributed by atoms with Crippen LogP contribution in [0.3, 0.4) is 0 Å². The molecule has 11 nitrogen and oxygen atoms in total. The van der Waals surface area contributed by atoms with Gasteiger partial charge in [-0.2, -0.15) is 0 Å². The van der Waals surface area contributed by atoms with Crippen molar-refractivity contribution < 1.29 is 14.2 Å². The van der Waals surface area contributed by atoms with Crippen LogP contribution in [-0.2, 0) is 26.0 Å². The maximum Gasteiger partial charge on any atom is 0.167 e. The van der Waals surface area contributed by atoms with E-state index in [1.807, 2.05) is 18.4 Å². The Labute approximate surface area is 258 Å². The van der Waals surface area contributed by atoms with Crippen molar-refractivity contribution in [3.63, 3.8) is 0 Å². The van der Waals surface area contributed by atoms with E-state index in [1.165, 1.54) is 24.7 Å². The fourth-order valence-corrected chi connectivity index (χ4v) is 7.27. The van der Waals surface area contributed by atoms with Gasteiger partial charge in [0, 0.05) is 25.0 Å². The van der Waals surface area contributed by atoms with E-state index < -0.39 is 12.0 Å². The monoisotopic (exact) mass is 602 g/mol. The van der Waals surface area contributed by atoms with Crippen LogP contribution in [0.2, 0.25) is 0 Å². The van der Waals surface area contributed by atoms with E-state index in [0.29, 0.717) is 35.0 Å². The fraction of sp³-hybridized carbons (Fsp3) is 0.636. The van der Waals surface area contributed by atoms with Gasteiger partial charge >= 0.3 is 0 Å². The van der Waals surface area contributed by atoms with Crippen molar-refractivity contribution in [3.8, 4) is 0 Å². The summed E-state index contributed by atoms with van der Waals surface area (Å²) >= 11 is 0. The largest absolute Gasteiger partial charge is 0.382 e. The first-order valence-electron chi connectivity index (χ1n) is 16.1. The highest BCUT2D eigenvalue weighted by Crippen LogP contribution is 2.45. The molecule has 0 radical (unpaired) electrons. The number of H-pyrrole nitrogens is 1. The van der Waals surface area contributed by atoms with Crippen LogP contribution < -0.4 is 5.73 Å². The summed E-state index contributed by atoms with van der Waals surface area (Å²) in [5.74, 6) is 1.43. The molecule has 2 aliphatic heterocycles. The molecule has 11 heteroatoms. The van der Waals surface area contributed by atoms with Gasteiger partial charge in [0.25, 0.3) is 0 Å². The summed E-state index contributed by atoms with van der Waals surface area (Å²) in [6, 6.07) is 7.51. The number of benzene rings is 1. The molecule has 44 heavy (non-hydrogen) atoms. The Kier molecular flexibility index (Phi) is 7.23. The zero-order valence-electron chi connectivity index (χ0n) is 26.9. The van der Waals surface area contributed by atoms with Gasteiger partial charge in [0.05, 0.1) is 17.4 Å². The van der Waals surface area contributed by atoms with Gasteiger partial charge in [0.1, 0.15) is 36.0 Å². The molecule has 3 N–H and O–H groups in total. The highest BCUT2D eigenvalue weighted by molar-refractivity contribution is 5.81. The number of nitrogen functional groups attached to an aromatic ring is 1. The molecule has 1 unspecified atom stereocenters. The van der Waals surface area contributed by atoms with E-state index in [1.54, 1.807) is 6.33 Å². The van der Waals surface area contributed by atoms with Crippen molar-refractivity contribution in [1.82, 2.24) is 34.4 Å². The van der Waals surface area contributed by atoms with Crippen LogP contribution in [0, 0.1) is 5.92 Å². The van der Waals surface area contributed by atoms with E-state index in [4.69, 9.17) is 24.9 Å². The third-order valence-electron chi connectivity index (χ3n) is 9.71. The molecule has 1 saturated carbocycles. The molecule has 4 aromatic rings. The van der Waals surface area contributed by atoms with Gasteiger partial charge in [0.2, 0.25) is 0 Å². The van der Waals surface area contributed by atoms with Gasteiger partial charge < -0.3 is 24.9 Å². The van der Waals surface area contributed by atoms with Crippen LogP contribution in [0.4, 0.5) is 5.82 Å². The number of hydrogen-bond donors (Lipinski definition) is 2. The molecule has 4 atom stereocenters. The molecule has 1 aliphatic carbocycles. The Morgan fingerprint density at radius 1 is 1.11 bits per heavy atom. The average molecular weight is 603 g/mol. The second-order valence-corrected chi connectivity index (χ2v) is 14.7. The normalized spacial score (nSPS) is 28.4. The molecule has 7 rings (SSSR count). The molecule has 3 aliphatic rings. The number of fused-ring (bicyclic) bond motifs is 3. The number of aromatic amines is 1. The first-order chi connectivity index (χ1) is 20.9. The lowest BCUT2D eigenvalue weighted by Crippen LogP contribution is -2.52. The molecule has 3 fully saturated rings. The predicted octanol–water partition coefficient (Wildman–Crippen LogP) is 5.12. The number of nitrogens with zero attached hydrogens (tertiary/aromatic N) is 6. The lowest BCUT2D eigenvalue weighted by molar-refractivity contribution is -0.199. The van der Waals surface area contributed by atoms with Gasteiger partial charge in [0.15, 0.2) is 23.5 Å². The number of nitrogens with one attached hydrogen (secondary N) is 1. The van der Waals surface area contributed by atoms with Gasteiger partial charge in [-0.25, -0.2) is 19.9 Å². The lowest BCUT2D eigenvalue weighted by Gasteiger charge is -2.46. The number of rotatable bonds is 8. The molecule has 0 amide bonds. The lowest BCUT2D eigenvalue weighted by atomic mass is 9.76. The number of hydrogen-bond acceptors (Lipinski definition) is 9. The minimum absolute atomic E-state index is 0.117. The van der Waals surface area contributed by atoms with Crippen molar-refractivity contribution in [3.05, 3.63) is 42.2 Å². The molecule has 3 aromatic heterocycles. The number of nitrogens with two attached hydrogens (primary N) is 1. The van der Waals surface area contributed by atoms with E-state index in [0.717, 1.165) is 36.2 Å². The Bertz CT molecular complexity index is 1650. The summed E-state index contributed by atoms with van der Waals surface area (Å²) in [6.45, 7) is 16.0. The predicted molar refractivity (Wildman–Crippen MR) is 169 cm³/mol. The Morgan fingerprint density at radius 3 is 2.64 bits per heavy atom. The quantitative estimate of drug-likeness (QED) is 0.282. The van der Waals surface area contributed by atoms with E-state index in [2.05, 4.69) is 77.7 Å². The zero-order chi connectivity index (χ0) is 31.0. The Morgan fingerprint density at radius 2 is 1.89 bits per heavy atom. The first kappa shape index (κ1) is 29.6. The van der Waals surface area contributed by atoms with Crippen molar-refractivity contribution in [2.24, 2.45) is 5.92 Å². The molecule has 0 spiro atoms. The highest BCUT2D eigenvalue weighted by Gasteiger charge is 2.57. The van der Waals surface area contributed by atoms with Gasteiger partial charge in [-0.05, 0) is 76.0 Å².